The molecule has 0 bridgehead atoms. The van der Waals surface area contributed by atoms with E-state index >= 15 is 0 Å². The van der Waals surface area contributed by atoms with Gasteiger partial charge in [-0.05, 0) is 0 Å². The molecule has 0 spiro atoms. The second-order valence-electron chi connectivity index (χ2n) is 5.33. The fourth-order valence-corrected chi connectivity index (χ4v) is 2.32. The lowest BCUT2D eigenvalue weighted by atomic mass is 10.2. The van der Waals surface area contributed by atoms with Gasteiger partial charge in [-0.2, -0.15) is 10.5 Å². The predicted octanol–water partition coefficient (Wildman–Crippen LogP) is 0.759. The number of nitrogens with zero attached hydrogens (tertiary/aromatic N) is 5. The van der Waals surface area contributed by atoms with Gasteiger partial charge in [0.15, 0.2) is 5.69 Å². The van der Waals surface area contributed by atoms with Gasteiger partial charge in [0.1, 0.15) is 23.8 Å². The van der Waals surface area contributed by atoms with Crippen molar-refractivity contribution in [3.8, 4) is 12.1 Å². The Labute approximate surface area is 144 Å². The molecule has 0 amide bonds. The van der Waals surface area contributed by atoms with Gasteiger partial charge in [-0.15, -0.1) is 0 Å². The van der Waals surface area contributed by atoms with E-state index < -0.39 is 0 Å². The quantitative estimate of drug-likeness (QED) is 0.723. The van der Waals surface area contributed by atoms with Crippen LogP contribution in [0.15, 0.2) is 24.7 Å². The van der Waals surface area contributed by atoms with E-state index in [2.05, 4.69) is 37.0 Å². The van der Waals surface area contributed by atoms with E-state index in [0.717, 1.165) is 13.1 Å². The molecule has 2 aromatic rings. The number of anilines is 3. The molecule has 2 aromatic heterocycles. The maximum atomic E-state index is 9.25. The van der Waals surface area contributed by atoms with Gasteiger partial charge in [0.2, 0.25) is 0 Å². The van der Waals surface area contributed by atoms with E-state index in [4.69, 9.17) is 10.00 Å². The molecule has 1 atom stereocenters. The number of morpholine rings is 1. The number of rotatable bonds is 5. The minimum atomic E-state index is 0.0502. The molecule has 9 nitrogen and oxygen atoms in total. The van der Waals surface area contributed by atoms with Crippen molar-refractivity contribution in [1.29, 1.82) is 10.5 Å². The van der Waals surface area contributed by atoms with Crippen molar-refractivity contribution in [2.75, 3.05) is 36.9 Å². The first kappa shape index (κ1) is 16.6. The second-order valence-corrected chi connectivity index (χ2v) is 5.33. The lowest BCUT2D eigenvalue weighted by Crippen LogP contribution is -2.42. The predicted molar refractivity (Wildman–Crippen MR) is 90.1 cm³/mol. The average molecular weight is 336 g/mol. The summed E-state index contributed by atoms with van der Waals surface area (Å²) in [5, 5.41) is 27.5. The maximum absolute atomic E-state index is 9.25. The summed E-state index contributed by atoms with van der Waals surface area (Å²) in [5.74, 6) is 0.977. The molecule has 1 aliphatic rings. The van der Waals surface area contributed by atoms with Crippen molar-refractivity contribution >= 4 is 17.3 Å². The Morgan fingerprint density at radius 3 is 2.72 bits per heavy atom. The summed E-state index contributed by atoms with van der Waals surface area (Å²) in [4.78, 5) is 12.2. The van der Waals surface area contributed by atoms with Crippen LogP contribution in [0.3, 0.4) is 0 Å². The molecule has 0 aliphatic carbocycles. The SMILES string of the molecule is N#Cc1cnc(Nc2cc(NCC3CNCCO3)c(C#N)cn2)cn1. The van der Waals surface area contributed by atoms with Crippen LogP contribution >= 0.6 is 0 Å². The largest absolute Gasteiger partial charge is 0.381 e. The average Bonchev–Trinajstić information content (AvgIpc) is 2.68. The first-order chi connectivity index (χ1) is 12.3. The monoisotopic (exact) mass is 336 g/mol. The number of aromatic nitrogens is 3. The van der Waals surface area contributed by atoms with Crippen LogP contribution in [-0.2, 0) is 4.74 Å². The van der Waals surface area contributed by atoms with Crippen LogP contribution in [0.25, 0.3) is 0 Å². The molecule has 126 valence electrons. The van der Waals surface area contributed by atoms with E-state index in [9.17, 15) is 5.26 Å². The fourth-order valence-electron chi connectivity index (χ4n) is 2.32. The first-order valence-corrected chi connectivity index (χ1v) is 7.74. The topological polar surface area (TPSA) is 132 Å². The van der Waals surface area contributed by atoms with Gasteiger partial charge in [0.25, 0.3) is 0 Å². The molecule has 9 heteroatoms. The third-order valence-electron chi connectivity index (χ3n) is 3.57. The van der Waals surface area contributed by atoms with E-state index in [0.29, 0.717) is 36.0 Å². The molecule has 1 saturated heterocycles. The summed E-state index contributed by atoms with van der Waals surface area (Å²) in [5.41, 5.74) is 1.35. The van der Waals surface area contributed by atoms with Crippen molar-refractivity contribution in [2.45, 2.75) is 6.10 Å². The fraction of sp³-hybridized carbons (Fsp3) is 0.312. The molecular formula is C16H16N8O. The number of nitrogens with one attached hydrogen (secondary N) is 3. The number of hydrogen-bond acceptors (Lipinski definition) is 9. The summed E-state index contributed by atoms with van der Waals surface area (Å²) in [6.45, 7) is 2.89. The molecule has 1 unspecified atom stereocenters. The Hall–Kier alpha value is -3.27. The number of pyridine rings is 1. The number of nitriles is 2. The van der Waals surface area contributed by atoms with Gasteiger partial charge in [0, 0.05) is 31.9 Å². The van der Waals surface area contributed by atoms with Gasteiger partial charge in [-0.1, -0.05) is 0 Å². The Morgan fingerprint density at radius 2 is 2.04 bits per heavy atom. The summed E-state index contributed by atoms with van der Waals surface area (Å²) < 4.78 is 5.64. The van der Waals surface area contributed by atoms with Crippen LogP contribution in [0, 0.1) is 22.7 Å². The summed E-state index contributed by atoms with van der Waals surface area (Å²) in [7, 11) is 0. The highest BCUT2D eigenvalue weighted by Crippen LogP contribution is 2.20. The van der Waals surface area contributed by atoms with Gasteiger partial charge in [-0.3, -0.25) is 0 Å². The first-order valence-electron chi connectivity index (χ1n) is 7.74. The zero-order valence-corrected chi connectivity index (χ0v) is 13.4. The smallest absolute Gasteiger partial charge is 0.158 e. The van der Waals surface area contributed by atoms with E-state index in [1.807, 2.05) is 6.07 Å². The molecule has 0 radical (unpaired) electrons. The minimum Gasteiger partial charge on any atom is -0.381 e. The third-order valence-corrected chi connectivity index (χ3v) is 3.57. The molecule has 3 N–H and O–H groups in total. The molecular weight excluding hydrogens is 320 g/mol. The normalized spacial score (nSPS) is 16.5. The van der Waals surface area contributed by atoms with Crippen molar-refractivity contribution in [3.05, 3.63) is 35.9 Å². The molecule has 25 heavy (non-hydrogen) atoms. The Balaban J connectivity index is 1.70. The number of ether oxygens (including phenoxy) is 1. The standard InChI is InChI=1S/C16H16N8O/c17-4-11-6-22-15(24-16-10-20-12(5-18)7-23-16)3-14(11)21-9-13-8-19-1-2-25-13/h3,6-7,10,13,19H,1-2,8-9H2,(H2,21,22,23,24). The lowest BCUT2D eigenvalue weighted by molar-refractivity contribution is 0.0372. The Bertz CT molecular complexity index is 802. The highest BCUT2D eigenvalue weighted by Gasteiger charge is 2.14. The molecule has 0 aromatic carbocycles. The minimum absolute atomic E-state index is 0.0502. The molecule has 1 aliphatic heterocycles. The molecule has 0 saturated carbocycles. The van der Waals surface area contributed by atoms with Crippen molar-refractivity contribution in [2.24, 2.45) is 0 Å². The van der Waals surface area contributed by atoms with Crippen LogP contribution in [0.2, 0.25) is 0 Å². The van der Waals surface area contributed by atoms with Crippen molar-refractivity contribution in [1.82, 2.24) is 20.3 Å². The maximum Gasteiger partial charge on any atom is 0.158 e. The summed E-state index contributed by atoms with van der Waals surface area (Å²) in [6, 6.07) is 5.76. The molecule has 3 heterocycles. The van der Waals surface area contributed by atoms with Crippen LogP contribution in [0.5, 0.6) is 0 Å². The molecule has 1 fully saturated rings. The number of hydrogen-bond donors (Lipinski definition) is 3. The highest BCUT2D eigenvalue weighted by molar-refractivity contribution is 5.64. The molecule has 3 rings (SSSR count). The lowest BCUT2D eigenvalue weighted by Gasteiger charge is -2.24. The van der Waals surface area contributed by atoms with Crippen LogP contribution in [0.4, 0.5) is 17.3 Å². The van der Waals surface area contributed by atoms with Crippen molar-refractivity contribution < 1.29 is 4.74 Å². The Morgan fingerprint density at radius 1 is 1.16 bits per heavy atom. The van der Waals surface area contributed by atoms with Gasteiger partial charge >= 0.3 is 0 Å². The summed E-state index contributed by atoms with van der Waals surface area (Å²) >= 11 is 0. The Kier molecular flexibility index (Phi) is 5.32. The zero-order chi connectivity index (χ0) is 17.5. The van der Waals surface area contributed by atoms with Gasteiger partial charge < -0.3 is 20.7 Å². The summed E-state index contributed by atoms with van der Waals surface area (Å²) in [6.07, 6.45) is 4.36. The van der Waals surface area contributed by atoms with E-state index in [-0.39, 0.29) is 11.8 Å². The second kappa shape index (κ2) is 8.02. The van der Waals surface area contributed by atoms with E-state index in [1.165, 1.54) is 18.6 Å². The van der Waals surface area contributed by atoms with Gasteiger partial charge in [-0.25, -0.2) is 15.0 Å². The van der Waals surface area contributed by atoms with Crippen LogP contribution < -0.4 is 16.0 Å². The van der Waals surface area contributed by atoms with E-state index in [1.54, 1.807) is 6.07 Å². The van der Waals surface area contributed by atoms with Crippen molar-refractivity contribution in [3.63, 3.8) is 0 Å². The van der Waals surface area contributed by atoms with Gasteiger partial charge in [0.05, 0.1) is 36.4 Å². The third kappa shape index (κ3) is 4.38. The van der Waals surface area contributed by atoms with Crippen LogP contribution in [0.1, 0.15) is 11.3 Å². The highest BCUT2D eigenvalue weighted by atomic mass is 16.5. The zero-order valence-electron chi connectivity index (χ0n) is 13.4. The van der Waals surface area contributed by atoms with Crippen LogP contribution in [-0.4, -0.2) is 47.3 Å².